The molecule has 0 bridgehead atoms. The first-order valence-corrected chi connectivity index (χ1v) is 8.54. The first kappa shape index (κ1) is 16.3. The maximum atomic E-state index is 11.8. The summed E-state index contributed by atoms with van der Waals surface area (Å²) in [6.45, 7) is 4.91. The van der Waals surface area contributed by atoms with E-state index < -0.39 is 26.0 Å². The van der Waals surface area contributed by atoms with Crippen molar-refractivity contribution in [1.82, 2.24) is 9.11 Å². The molecular formula is C10H13N3O5S2. The van der Waals surface area contributed by atoms with E-state index in [1.165, 1.54) is 17.2 Å². The minimum Gasteiger partial charge on any atom is -0.321 e. The van der Waals surface area contributed by atoms with Gasteiger partial charge in [-0.25, -0.2) is 16.8 Å². The fraction of sp³-hybridized carbons (Fsp3) is 0.200. The summed E-state index contributed by atoms with van der Waals surface area (Å²) >= 11 is 0. The van der Waals surface area contributed by atoms with Crippen molar-refractivity contribution in [2.45, 2.75) is 11.8 Å². The summed E-state index contributed by atoms with van der Waals surface area (Å²) in [6, 6.07) is 1.08. The highest BCUT2D eigenvalue weighted by molar-refractivity contribution is 8.04. The summed E-state index contributed by atoms with van der Waals surface area (Å²) in [7, 11) is -8.22. The molecule has 0 atom stereocenters. The molecule has 20 heavy (non-hydrogen) atoms. The SMILES string of the molecule is C=C(C)C(=O)Nc1cncc(S(=O)(=O)NS(C)(=O)=O)c1. The second-order valence-electron chi connectivity index (χ2n) is 4.00. The number of pyridine rings is 1. The number of hydrogen-bond acceptors (Lipinski definition) is 6. The van der Waals surface area contributed by atoms with Crippen LogP contribution < -0.4 is 9.44 Å². The number of carbonyl (C=O) groups excluding carboxylic acids is 1. The smallest absolute Gasteiger partial charge is 0.255 e. The fourth-order valence-electron chi connectivity index (χ4n) is 1.12. The van der Waals surface area contributed by atoms with Gasteiger partial charge in [0.05, 0.1) is 18.1 Å². The topological polar surface area (TPSA) is 122 Å². The maximum absolute atomic E-state index is 11.8. The molecule has 1 aromatic heterocycles. The number of aromatic nitrogens is 1. The molecule has 0 unspecified atom stereocenters. The van der Waals surface area contributed by atoms with Crippen LogP contribution in [0.25, 0.3) is 0 Å². The quantitative estimate of drug-likeness (QED) is 0.727. The third-order valence-electron chi connectivity index (χ3n) is 1.93. The largest absolute Gasteiger partial charge is 0.321 e. The molecule has 2 N–H and O–H groups in total. The average Bonchev–Trinajstić information content (AvgIpc) is 2.26. The molecule has 0 aliphatic rings. The average molecular weight is 319 g/mol. The second-order valence-corrected chi connectivity index (χ2v) is 7.69. The van der Waals surface area contributed by atoms with Gasteiger partial charge in [0.2, 0.25) is 10.0 Å². The van der Waals surface area contributed by atoms with Crippen molar-refractivity contribution in [2.75, 3.05) is 11.6 Å². The van der Waals surface area contributed by atoms with Gasteiger partial charge in [0, 0.05) is 11.8 Å². The number of carbonyl (C=O) groups is 1. The molecule has 1 heterocycles. The van der Waals surface area contributed by atoms with E-state index in [-0.39, 0.29) is 16.2 Å². The minimum atomic E-state index is -4.27. The Morgan fingerprint density at radius 3 is 2.35 bits per heavy atom. The van der Waals surface area contributed by atoms with E-state index >= 15 is 0 Å². The summed E-state index contributed by atoms with van der Waals surface area (Å²) in [5, 5.41) is 2.37. The van der Waals surface area contributed by atoms with Gasteiger partial charge < -0.3 is 5.32 Å². The molecule has 10 heteroatoms. The number of sulfonamides is 2. The van der Waals surface area contributed by atoms with Gasteiger partial charge in [0.1, 0.15) is 4.90 Å². The highest BCUT2D eigenvalue weighted by atomic mass is 32.3. The van der Waals surface area contributed by atoms with E-state index in [9.17, 15) is 21.6 Å². The van der Waals surface area contributed by atoms with Crippen LogP contribution in [0.4, 0.5) is 5.69 Å². The molecule has 0 saturated carbocycles. The number of amides is 1. The number of hydrogen-bond donors (Lipinski definition) is 2. The van der Waals surface area contributed by atoms with Gasteiger partial charge in [0.25, 0.3) is 15.9 Å². The van der Waals surface area contributed by atoms with Gasteiger partial charge in [-0.15, -0.1) is 4.13 Å². The van der Waals surface area contributed by atoms with Gasteiger partial charge in [-0.1, -0.05) is 6.58 Å². The van der Waals surface area contributed by atoms with Crippen LogP contribution >= 0.6 is 0 Å². The van der Waals surface area contributed by atoms with Crippen LogP contribution in [-0.4, -0.2) is 34.0 Å². The Balaban J connectivity index is 3.11. The predicted molar refractivity (Wildman–Crippen MR) is 72.8 cm³/mol. The van der Waals surface area contributed by atoms with Crippen molar-refractivity contribution in [1.29, 1.82) is 0 Å². The summed E-state index contributed by atoms with van der Waals surface area (Å²) in [4.78, 5) is 14.7. The summed E-state index contributed by atoms with van der Waals surface area (Å²) in [5.41, 5.74) is 0.335. The Bertz CT molecular complexity index is 753. The third-order valence-corrected chi connectivity index (χ3v) is 4.86. The van der Waals surface area contributed by atoms with Crippen LogP contribution in [0.3, 0.4) is 0 Å². The van der Waals surface area contributed by atoms with E-state index in [0.717, 1.165) is 12.3 Å². The van der Waals surface area contributed by atoms with Crippen LogP contribution in [0.2, 0.25) is 0 Å². The molecule has 0 radical (unpaired) electrons. The lowest BCUT2D eigenvalue weighted by atomic mass is 10.3. The van der Waals surface area contributed by atoms with E-state index in [1.54, 1.807) is 0 Å². The molecule has 110 valence electrons. The standard InChI is InChI=1S/C10H13N3O5S2/c1-7(2)10(14)12-8-4-9(6-11-5-8)20(17,18)13-19(3,15)16/h4-6,13H,1H2,2-3H3,(H,12,14). The summed E-state index contributed by atoms with van der Waals surface area (Å²) < 4.78 is 47.0. The van der Waals surface area contributed by atoms with Gasteiger partial charge in [0.15, 0.2) is 0 Å². The Morgan fingerprint density at radius 2 is 1.85 bits per heavy atom. The van der Waals surface area contributed by atoms with Crippen molar-refractivity contribution in [3.05, 3.63) is 30.6 Å². The Kier molecular flexibility index (Phi) is 4.63. The Labute approximate surface area is 117 Å². The van der Waals surface area contributed by atoms with Gasteiger partial charge in [-0.3, -0.25) is 9.78 Å². The van der Waals surface area contributed by atoms with E-state index in [0.29, 0.717) is 6.26 Å². The van der Waals surface area contributed by atoms with Crippen LogP contribution in [0.15, 0.2) is 35.5 Å². The zero-order valence-corrected chi connectivity index (χ0v) is 12.4. The zero-order valence-electron chi connectivity index (χ0n) is 10.7. The van der Waals surface area contributed by atoms with Gasteiger partial charge in [-0.2, -0.15) is 0 Å². The highest BCUT2D eigenvalue weighted by Crippen LogP contribution is 2.14. The number of nitrogens with zero attached hydrogens (tertiary/aromatic N) is 1. The molecule has 0 fully saturated rings. The Hall–Kier alpha value is -1.78. The van der Waals surface area contributed by atoms with Gasteiger partial charge >= 0.3 is 0 Å². The zero-order chi connectivity index (χ0) is 15.6. The molecule has 0 spiro atoms. The molecule has 0 aliphatic carbocycles. The lowest BCUT2D eigenvalue weighted by Gasteiger charge is -2.07. The van der Waals surface area contributed by atoms with E-state index in [2.05, 4.69) is 16.9 Å². The second kappa shape index (κ2) is 5.69. The first-order chi connectivity index (χ1) is 9.01. The first-order valence-electron chi connectivity index (χ1n) is 5.17. The predicted octanol–water partition coefficient (Wildman–Crippen LogP) is -0.166. The van der Waals surface area contributed by atoms with Crippen molar-refractivity contribution in [3.63, 3.8) is 0 Å². The lowest BCUT2D eigenvalue weighted by molar-refractivity contribution is -0.112. The number of anilines is 1. The molecule has 1 aromatic rings. The molecule has 1 amide bonds. The van der Waals surface area contributed by atoms with Crippen molar-refractivity contribution >= 4 is 31.6 Å². The van der Waals surface area contributed by atoms with E-state index in [4.69, 9.17) is 0 Å². The monoisotopic (exact) mass is 319 g/mol. The summed E-state index contributed by atoms with van der Waals surface area (Å²) in [5.74, 6) is -0.502. The molecule has 8 nitrogen and oxygen atoms in total. The van der Waals surface area contributed by atoms with Crippen LogP contribution in [-0.2, 0) is 24.8 Å². The minimum absolute atomic E-state index is 0.106. The van der Waals surface area contributed by atoms with E-state index in [1.807, 2.05) is 0 Å². The molecule has 0 aliphatic heterocycles. The number of rotatable bonds is 5. The van der Waals surface area contributed by atoms with Gasteiger partial charge in [-0.05, 0) is 13.0 Å². The lowest BCUT2D eigenvalue weighted by Crippen LogP contribution is -2.29. The summed E-state index contributed by atoms with van der Waals surface area (Å²) in [6.07, 6.45) is 2.90. The number of nitrogens with one attached hydrogen (secondary N) is 2. The fourth-order valence-corrected chi connectivity index (χ4v) is 3.58. The van der Waals surface area contributed by atoms with Crippen molar-refractivity contribution in [3.8, 4) is 0 Å². The molecule has 1 rings (SSSR count). The normalized spacial score (nSPS) is 11.9. The third kappa shape index (κ3) is 4.72. The van der Waals surface area contributed by atoms with Crippen LogP contribution in [0, 0.1) is 0 Å². The molecule has 0 saturated heterocycles. The van der Waals surface area contributed by atoms with Crippen molar-refractivity contribution < 1.29 is 21.6 Å². The van der Waals surface area contributed by atoms with Crippen LogP contribution in [0.5, 0.6) is 0 Å². The maximum Gasteiger partial charge on any atom is 0.255 e. The molecular weight excluding hydrogens is 306 g/mol. The highest BCUT2D eigenvalue weighted by Gasteiger charge is 2.20. The molecule has 0 aromatic carbocycles. The van der Waals surface area contributed by atoms with Crippen molar-refractivity contribution in [2.24, 2.45) is 0 Å². The Morgan fingerprint density at radius 1 is 1.25 bits per heavy atom. The van der Waals surface area contributed by atoms with Crippen LogP contribution in [0.1, 0.15) is 6.92 Å².